The summed E-state index contributed by atoms with van der Waals surface area (Å²) in [5.74, 6) is 0.972. The molecule has 0 bridgehead atoms. The predicted molar refractivity (Wildman–Crippen MR) is 65.4 cm³/mol. The van der Waals surface area contributed by atoms with Crippen LogP contribution in [0.1, 0.15) is 18.4 Å². The van der Waals surface area contributed by atoms with Crippen LogP contribution in [-0.4, -0.2) is 36.4 Å². The summed E-state index contributed by atoms with van der Waals surface area (Å²) in [7, 11) is 2.08. The van der Waals surface area contributed by atoms with Gasteiger partial charge in [0.15, 0.2) is 11.0 Å². The van der Waals surface area contributed by atoms with Gasteiger partial charge in [-0.3, -0.25) is 0 Å². The average molecular weight is 239 g/mol. The molecule has 0 aliphatic carbocycles. The van der Waals surface area contributed by atoms with E-state index >= 15 is 0 Å². The molecule has 1 aromatic rings. The third kappa shape index (κ3) is 1.29. The third-order valence-electron chi connectivity index (χ3n) is 3.62. The van der Waals surface area contributed by atoms with Gasteiger partial charge >= 0.3 is 0 Å². The minimum absolute atomic E-state index is 0.528. The van der Waals surface area contributed by atoms with Gasteiger partial charge in [-0.1, -0.05) is 11.6 Å². The highest BCUT2D eigenvalue weighted by Crippen LogP contribution is 2.40. The first kappa shape index (κ1) is 10.1. The van der Waals surface area contributed by atoms with Gasteiger partial charge in [0.2, 0.25) is 0 Å². The highest BCUT2D eigenvalue weighted by atomic mass is 35.5. The summed E-state index contributed by atoms with van der Waals surface area (Å²) in [6, 6.07) is 0.622. The minimum Gasteiger partial charge on any atom is -0.363 e. The van der Waals surface area contributed by atoms with Crippen LogP contribution in [0.2, 0.25) is 5.15 Å². The molecule has 16 heavy (non-hydrogen) atoms. The second-order valence-electron chi connectivity index (χ2n) is 4.66. The molecule has 0 amide bonds. The summed E-state index contributed by atoms with van der Waals surface area (Å²) < 4.78 is 0. The number of likely N-dealkylation sites (N-methyl/N-ethyl adjacent to an activating group) is 1. The zero-order valence-corrected chi connectivity index (χ0v) is 10.3. The van der Waals surface area contributed by atoms with Crippen LogP contribution < -0.4 is 9.80 Å². The molecule has 5 heteroatoms. The molecule has 4 nitrogen and oxygen atoms in total. The van der Waals surface area contributed by atoms with Crippen LogP contribution >= 0.6 is 11.6 Å². The lowest BCUT2D eigenvalue weighted by Gasteiger charge is -2.39. The first-order chi connectivity index (χ1) is 7.68. The molecule has 3 heterocycles. The van der Waals surface area contributed by atoms with E-state index in [1.807, 2.05) is 6.92 Å². The fraction of sp³-hybridized carbons (Fsp3) is 0.636. The Morgan fingerprint density at radius 1 is 1.38 bits per heavy atom. The lowest BCUT2D eigenvalue weighted by Crippen LogP contribution is -2.45. The Morgan fingerprint density at radius 2 is 2.19 bits per heavy atom. The summed E-state index contributed by atoms with van der Waals surface area (Å²) in [6.45, 7) is 4.20. The molecular weight excluding hydrogens is 224 g/mol. The molecule has 2 aliphatic heterocycles. The zero-order valence-electron chi connectivity index (χ0n) is 9.57. The van der Waals surface area contributed by atoms with E-state index < -0.39 is 0 Å². The van der Waals surface area contributed by atoms with Crippen molar-refractivity contribution >= 4 is 23.1 Å². The zero-order chi connectivity index (χ0) is 11.3. The number of nitrogens with zero attached hydrogens (tertiary/aromatic N) is 4. The number of fused-ring (bicyclic) bond motifs is 3. The van der Waals surface area contributed by atoms with Gasteiger partial charge in [0.25, 0.3) is 0 Å². The van der Waals surface area contributed by atoms with Crippen molar-refractivity contribution in [1.82, 2.24) is 10.2 Å². The van der Waals surface area contributed by atoms with Crippen LogP contribution in [0.5, 0.6) is 0 Å². The first-order valence-electron chi connectivity index (χ1n) is 5.69. The van der Waals surface area contributed by atoms with Crippen molar-refractivity contribution in [3.63, 3.8) is 0 Å². The molecular formula is C11H15ClN4. The molecule has 2 aliphatic rings. The maximum absolute atomic E-state index is 6.06. The van der Waals surface area contributed by atoms with Gasteiger partial charge in [-0.15, -0.1) is 10.2 Å². The SMILES string of the molecule is Cc1c(Cl)nnc2c1N1CCCC1CN2C. The van der Waals surface area contributed by atoms with Crippen LogP contribution in [0.15, 0.2) is 0 Å². The summed E-state index contributed by atoms with van der Waals surface area (Å²) in [5.41, 5.74) is 2.25. The number of hydrogen-bond acceptors (Lipinski definition) is 4. The summed E-state index contributed by atoms with van der Waals surface area (Å²) >= 11 is 6.06. The molecule has 0 radical (unpaired) electrons. The van der Waals surface area contributed by atoms with Gasteiger partial charge in [0, 0.05) is 31.7 Å². The second kappa shape index (κ2) is 3.48. The van der Waals surface area contributed by atoms with Crippen molar-refractivity contribution in [3.8, 4) is 0 Å². The maximum atomic E-state index is 6.06. The number of halogens is 1. The van der Waals surface area contributed by atoms with Gasteiger partial charge in [-0.05, 0) is 19.8 Å². The van der Waals surface area contributed by atoms with Gasteiger partial charge < -0.3 is 9.80 Å². The van der Waals surface area contributed by atoms with E-state index in [-0.39, 0.29) is 0 Å². The van der Waals surface area contributed by atoms with Crippen LogP contribution in [0.4, 0.5) is 11.5 Å². The molecule has 86 valence electrons. The Kier molecular flexibility index (Phi) is 2.21. The standard InChI is InChI=1S/C11H15ClN4/c1-7-9-11(14-13-10(7)12)15(2)6-8-4-3-5-16(8)9/h8H,3-6H2,1-2H3. The highest BCUT2D eigenvalue weighted by Gasteiger charge is 2.35. The smallest absolute Gasteiger partial charge is 0.175 e. The van der Waals surface area contributed by atoms with Gasteiger partial charge in [0.05, 0.1) is 5.69 Å². The Balaban J connectivity index is 2.18. The van der Waals surface area contributed by atoms with E-state index in [0.717, 1.165) is 24.5 Å². The third-order valence-corrected chi connectivity index (χ3v) is 3.98. The summed E-state index contributed by atoms with van der Waals surface area (Å²) in [5, 5.41) is 8.75. The van der Waals surface area contributed by atoms with E-state index in [0.29, 0.717) is 11.2 Å². The first-order valence-corrected chi connectivity index (χ1v) is 6.07. The molecule has 0 aromatic carbocycles. The van der Waals surface area contributed by atoms with Crippen LogP contribution in [-0.2, 0) is 0 Å². The van der Waals surface area contributed by atoms with Crippen LogP contribution in [0.25, 0.3) is 0 Å². The molecule has 1 saturated heterocycles. The lowest BCUT2D eigenvalue weighted by atomic mass is 10.1. The van der Waals surface area contributed by atoms with Crippen molar-refractivity contribution in [2.45, 2.75) is 25.8 Å². The minimum atomic E-state index is 0.528. The molecule has 0 N–H and O–H groups in total. The monoisotopic (exact) mass is 238 g/mol. The van der Waals surface area contributed by atoms with Crippen molar-refractivity contribution in [2.75, 3.05) is 29.9 Å². The fourth-order valence-electron chi connectivity index (χ4n) is 2.80. The fourth-order valence-corrected chi connectivity index (χ4v) is 2.93. The number of hydrogen-bond donors (Lipinski definition) is 0. The largest absolute Gasteiger partial charge is 0.363 e. The Bertz CT molecular complexity index is 434. The Labute approximate surface area is 100 Å². The van der Waals surface area contributed by atoms with E-state index in [1.165, 1.54) is 18.5 Å². The molecule has 1 fully saturated rings. The lowest BCUT2D eigenvalue weighted by molar-refractivity contribution is 0.622. The molecule has 0 spiro atoms. The predicted octanol–water partition coefficient (Wildman–Crippen LogP) is 1.86. The maximum Gasteiger partial charge on any atom is 0.175 e. The van der Waals surface area contributed by atoms with E-state index in [2.05, 4.69) is 27.0 Å². The quantitative estimate of drug-likeness (QED) is 0.691. The average Bonchev–Trinajstić information content (AvgIpc) is 2.70. The highest BCUT2D eigenvalue weighted by molar-refractivity contribution is 6.30. The number of aromatic nitrogens is 2. The van der Waals surface area contributed by atoms with Gasteiger partial charge in [-0.25, -0.2) is 0 Å². The molecule has 1 atom stereocenters. The van der Waals surface area contributed by atoms with Crippen molar-refractivity contribution in [2.24, 2.45) is 0 Å². The topological polar surface area (TPSA) is 32.3 Å². The normalized spacial score (nSPS) is 23.3. The van der Waals surface area contributed by atoms with Crippen molar-refractivity contribution in [1.29, 1.82) is 0 Å². The summed E-state index contributed by atoms with van der Waals surface area (Å²) in [4.78, 5) is 4.64. The van der Waals surface area contributed by atoms with Gasteiger partial charge in [-0.2, -0.15) is 0 Å². The van der Waals surface area contributed by atoms with Gasteiger partial charge in [0.1, 0.15) is 0 Å². The van der Waals surface area contributed by atoms with Crippen molar-refractivity contribution < 1.29 is 0 Å². The summed E-state index contributed by atoms with van der Waals surface area (Å²) in [6.07, 6.45) is 2.53. The Hall–Kier alpha value is -1.03. The second-order valence-corrected chi connectivity index (χ2v) is 5.02. The number of rotatable bonds is 0. The van der Waals surface area contributed by atoms with E-state index in [9.17, 15) is 0 Å². The molecule has 0 saturated carbocycles. The molecule has 3 rings (SSSR count). The molecule has 1 unspecified atom stereocenters. The number of anilines is 2. The Morgan fingerprint density at radius 3 is 3.00 bits per heavy atom. The molecule has 1 aromatic heterocycles. The van der Waals surface area contributed by atoms with Crippen LogP contribution in [0, 0.1) is 6.92 Å². The van der Waals surface area contributed by atoms with E-state index in [4.69, 9.17) is 11.6 Å². The van der Waals surface area contributed by atoms with E-state index in [1.54, 1.807) is 0 Å². The van der Waals surface area contributed by atoms with Crippen molar-refractivity contribution in [3.05, 3.63) is 10.7 Å². The van der Waals surface area contributed by atoms with Crippen LogP contribution in [0.3, 0.4) is 0 Å².